The van der Waals surface area contributed by atoms with Crippen molar-refractivity contribution in [3.8, 4) is 5.69 Å². The van der Waals surface area contributed by atoms with Crippen molar-refractivity contribution in [2.24, 2.45) is 7.05 Å². The van der Waals surface area contributed by atoms with E-state index in [2.05, 4.69) is 99.3 Å². The molecule has 0 radical (unpaired) electrons. The van der Waals surface area contributed by atoms with Gasteiger partial charge in [-0.2, -0.15) is 4.57 Å². The number of nitrogens with zero attached hydrogens (tertiary/aromatic N) is 2. The summed E-state index contributed by atoms with van der Waals surface area (Å²) in [6, 6.07) is 17.5. The molecule has 0 saturated heterocycles. The molecular weight excluding hydrogens is 280 g/mol. The van der Waals surface area contributed by atoms with Gasteiger partial charge in [-0.1, -0.05) is 65.0 Å². The van der Waals surface area contributed by atoms with Crippen molar-refractivity contribution in [1.29, 1.82) is 0 Å². The van der Waals surface area contributed by atoms with Crippen LogP contribution in [0.1, 0.15) is 51.9 Å². The highest BCUT2D eigenvalue weighted by atomic mass is 15.2. The first-order valence-corrected chi connectivity index (χ1v) is 8.41. The quantitative estimate of drug-likeness (QED) is 0.597. The fourth-order valence-electron chi connectivity index (χ4n) is 3.54. The molecule has 1 aromatic heterocycles. The minimum absolute atomic E-state index is 0.106. The van der Waals surface area contributed by atoms with Crippen molar-refractivity contribution in [2.45, 2.75) is 46.0 Å². The number of aromatic nitrogens is 2. The van der Waals surface area contributed by atoms with Gasteiger partial charge in [0.15, 0.2) is 11.0 Å². The normalized spacial score (nSPS) is 12.3. The van der Waals surface area contributed by atoms with E-state index in [0.29, 0.717) is 5.92 Å². The van der Waals surface area contributed by atoms with Crippen LogP contribution in [-0.2, 0) is 12.5 Å². The predicted octanol–water partition coefficient (Wildman–Crippen LogP) is 4.88. The van der Waals surface area contributed by atoms with Crippen LogP contribution in [0, 0.1) is 0 Å². The Morgan fingerprint density at radius 2 is 1.52 bits per heavy atom. The zero-order valence-corrected chi connectivity index (χ0v) is 15.1. The monoisotopic (exact) mass is 307 g/mol. The summed E-state index contributed by atoms with van der Waals surface area (Å²) in [5, 5.41) is 0. The molecule has 2 heteroatoms. The van der Waals surface area contributed by atoms with Crippen LogP contribution in [0.5, 0.6) is 0 Å². The molecular formula is C21H27N2+. The van der Waals surface area contributed by atoms with Crippen LogP contribution >= 0.6 is 0 Å². The molecule has 23 heavy (non-hydrogen) atoms. The van der Waals surface area contributed by atoms with Crippen molar-refractivity contribution in [3.05, 3.63) is 59.9 Å². The van der Waals surface area contributed by atoms with E-state index < -0.39 is 0 Å². The third-order valence-corrected chi connectivity index (χ3v) is 4.53. The minimum Gasteiger partial charge on any atom is -0.229 e. The first-order valence-electron chi connectivity index (χ1n) is 8.41. The van der Waals surface area contributed by atoms with Crippen molar-refractivity contribution in [2.75, 3.05) is 0 Å². The van der Waals surface area contributed by atoms with Crippen molar-refractivity contribution in [1.82, 2.24) is 4.57 Å². The summed E-state index contributed by atoms with van der Waals surface area (Å²) in [5.41, 5.74) is 5.33. The summed E-state index contributed by atoms with van der Waals surface area (Å²) in [7, 11) is 2.17. The average Bonchev–Trinajstić information content (AvgIpc) is 2.80. The molecule has 2 nitrogen and oxygen atoms in total. The molecule has 0 amide bonds. The minimum atomic E-state index is 0.106. The van der Waals surface area contributed by atoms with Gasteiger partial charge in [0.25, 0.3) is 5.82 Å². The molecule has 0 aliphatic heterocycles. The molecule has 0 atom stereocenters. The number of hydrogen-bond donors (Lipinski definition) is 0. The van der Waals surface area contributed by atoms with Gasteiger partial charge >= 0.3 is 0 Å². The van der Waals surface area contributed by atoms with E-state index in [9.17, 15) is 0 Å². The standard InChI is InChI=1S/C21H27N2/c1-15(2)20-22(6)18-13-9-10-14-19(18)23(20)17-12-8-7-11-16(17)21(3,4)5/h7-15H,1-6H3/q+1. The second kappa shape index (κ2) is 5.52. The molecule has 0 spiro atoms. The van der Waals surface area contributed by atoms with Crippen molar-refractivity contribution >= 4 is 11.0 Å². The number of rotatable bonds is 2. The van der Waals surface area contributed by atoms with Gasteiger partial charge in [0, 0.05) is 5.56 Å². The Bertz CT molecular complexity index is 848. The molecule has 0 unspecified atom stereocenters. The van der Waals surface area contributed by atoms with Crippen molar-refractivity contribution in [3.63, 3.8) is 0 Å². The molecule has 120 valence electrons. The first kappa shape index (κ1) is 15.8. The third-order valence-electron chi connectivity index (χ3n) is 4.53. The van der Waals surface area contributed by atoms with Crippen LogP contribution < -0.4 is 4.57 Å². The van der Waals surface area contributed by atoms with E-state index in [1.807, 2.05) is 0 Å². The first-order chi connectivity index (χ1) is 10.8. The van der Waals surface area contributed by atoms with Crippen LogP contribution in [0.4, 0.5) is 0 Å². The highest BCUT2D eigenvalue weighted by Crippen LogP contribution is 2.32. The average molecular weight is 307 g/mol. The topological polar surface area (TPSA) is 8.81 Å². The van der Waals surface area contributed by atoms with Crippen LogP contribution in [0.25, 0.3) is 16.7 Å². The Kier molecular flexibility index (Phi) is 3.79. The Labute approximate surface area is 139 Å². The number of benzene rings is 2. The summed E-state index contributed by atoms with van der Waals surface area (Å²) < 4.78 is 4.78. The molecule has 3 aromatic rings. The van der Waals surface area contributed by atoms with Gasteiger partial charge in [0.2, 0.25) is 0 Å². The van der Waals surface area contributed by atoms with Gasteiger partial charge in [0.1, 0.15) is 5.69 Å². The maximum Gasteiger partial charge on any atom is 0.264 e. The molecule has 0 saturated carbocycles. The lowest BCUT2D eigenvalue weighted by molar-refractivity contribution is -0.654. The lowest BCUT2D eigenvalue weighted by Crippen LogP contribution is -2.34. The van der Waals surface area contributed by atoms with Gasteiger partial charge in [0.05, 0.1) is 13.0 Å². The van der Waals surface area contributed by atoms with Gasteiger partial charge in [-0.25, -0.2) is 4.57 Å². The van der Waals surface area contributed by atoms with Crippen LogP contribution in [0.3, 0.4) is 0 Å². The fourth-order valence-corrected chi connectivity index (χ4v) is 3.54. The Morgan fingerprint density at radius 1 is 0.913 bits per heavy atom. The maximum absolute atomic E-state index is 2.45. The molecule has 0 N–H and O–H groups in total. The zero-order chi connectivity index (χ0) is 16.8. The second-order valence-corrected chi connectivity index (χ2v) is 7.66. The summed E-state index contributed by atoms with van der Waals surface area (Å²) in [4.78, 5) is 0. The van der Waals surface area contributed by atoms with Crippen molar-refractivity contribution < 1.29 is 4.57 Å². The number of aryl methyl sites for hydroxylation is 1. The van der Waals surface area contributed by atoms with Gasteiger partial charge in [-0.05, 0) is 23.6 Å². The van der Waals surface area contributed by atoms with Crippen LogP contribution in [0.2, 0.25) is 0 Å². The van der Waals surface area contributed by atoms with Gasteiger partial charge in [-0.3, -0.25) is 0 Å². The van der Waals surface area contributed by atoms with E-state index in [-0.39, 0.29) is 5.41 Å². The molecule has 0 fully saturated rings. The number of para-hydroxylation sites is 3. The highest BCUT2D eigenvalue weighted by molar-refractivity contribution is 5.75. The van der Waals surface area contributed by atoms with E-state index in [4.69, 9.17) is 0 Å². The summed E-state index contributed by atoms with van der Waals surface area (Å²) in [6.07, 6.45) is 0. The summed E-state index contributed by atoms with van der Waals surface area (Å²) in [6.45, 7) is 11.4. The second-order valence-electron chi connectivity index (χ2n) is 7.66. The summed E-state index contributed by atoms with van der Waals surface area (Å²) >= 11 is 0. The predicted molar refractivity (Wildman–Crippen MR) is 97.2 cm³/mol. The smallest absolute Gasteiger partial charge is 0.229 e. The molecule has 2 aromatic carbocycles. The Hall–Kier alpha value is -2.09. The number of hydrogen-bond acceptors (Lipinski definition) is 0. The SMILES string of the molecule is CC(C)c1n(-c2ccccc2C(C)(C)C)c2ccccc2[n+]1C. The lowest BCUT2D eigenvalue weighted by atomic mass is 9.85. The molecule has 1 heterocycles. The zero-order valence-electron chi connectivity index (χ0n) is 15.1. The fraction of sp³-hybridized carbons (Fsp3) is 0.381. The molecule has 0 aliphatic carbocycles. The Morgan fingerprint density at radius 3 is 2.17 bits per heavy atom. The molecule has 3 rings (SSSR count). The number of fused-ring (bicyclic) bond motifs is 1. The third kappa shape index (κ3) is 2.56. The lowest BCUT2D eigenvalue weighted by Gasteiger charge is -2.21. The van der Waals surface area contributed by atoms with Crippen LogP contribution in [0.15, 0.2) is 48.5 Å². The summed E-state index contributed by atoms with van der Waals surface area (Å²) in [5.74, 6) is 1.78. The van der Waals surface area contributed by atoms with E-state index >= 15 is 0 Å². The van der Waals surface area contributed by atoms with E-state index in [0.717, 1.165) is 0 Å². The largest absolute Gasteiger partial charge is 0.264 e. The van der Waals surface area contributed by atoms with E-state index in [1.54, 1.807) is 0 Å². The highest BCUT2D eigenvalue weighted by Gasteiger charge is 2.30. The maximum atomic E-state index is 2.45. The van der Waals surface area contributed by atoms with Gasteiger partial charge < -0.3 is 0 Å². The van der Waals surface area contributed by atoms with Crippen LogP contribution in [-0.4, -0.2) is 4.57 Å². The molecule has 0 bridgehead atoms. The number of imidazole rings is 1. The molecule has 0 aliphatic rings. The van der Waals surface area contributed by atoms with E-state index in [1.165, 1.54) is 28.1 Å². The Balaban J connectivity index is 2.44. The van der Waals surface area contributed by atoms with Gasteiger partial charge in [-0.15, -0.1) is 0 Å².